The zero-order chi connectivity index (χ0) is 22.0. The molecule has 0 radical (unpaired) electrons. The summed E-state index contributed by atoms with van der Waals surface area (Å²) in [4.78, 5) is 14.3. The molecule has 4 nitrogen and oxygen atoms in total. The van der Waals surface area contributed by atoms with E-state index in [1.54, 1.807) is 0 Å². The lowest BCUT2D eigenvalue weighted by Gasteiger charge is -2.26. The van der Waals surface area contributed by atoms with Crippen LogP contribution < -0.4 is 4.74 Å². The van der Waals surface area contributed by atoms with Gasteiger partial charge in [0.25, 0.3) is 5.91 Å². The van der Waals surface area contributed by atoms with Crippen molar-refractivity contribution in [3.63, 3.8) is 0 Å². The lowest BCUT2D eigenvalue weighted by molar-refractivity contribution is 0.0303. The normalized spacial score (nSPS) is 14.0. The van der Waals surface area contributed by atoms with Gasteiger partial charge in [0.2, 0.25) is 0 Å². The Hall–Kier alpha value is -1.55. The van der Waals surface area contributed by atoms with E-state index in [1.807, 2.05) is 29.2 Å². The first-order valence-electron chi connectivity index (χ1n) is 12.9. The minimum atomic E-state index is 0.0850. The molecule has 0 N–H and O–H groups in total. The van der Waals surface area contributed by atoms with Crippen molar-refractivity contribution in [1.82, 2.24) is 4.90 Å². The second kappa shape index (κ2) is 17.1. The summed E-state index contributed by atoms with van der Waals surface area (Å²) in [6.45, 7) is 5.66. The lowest BCUT2D eigenvalue weighted by atomic mass is 10.0. The Labute approximate surface area is 190 Å². The van der Waals surface area contributed by atoms with Gasteiger partial charge in [-0.25, -0.2) is 0 Å². The summed E-state index contributed by atoms with van der Waals surface area (Å²) >= 11 is 0. The summed E-state index contributed by atoms with van der Waals surface area (Å²) in [5, 5.41) is 0. The van der Waals surface area contributed by atoms with Crippen molar-refractivity contribution in [2.45, 2.75) is 96.8 Å². The van der Waals surface area contributed by atoms with Crippen LogP contribution in [-0.4, -0.2) is 43.7 Å². The van der Waals surface area contributed by atoms with E-state index in [1.165, 1.54) is 83.5 Å². The summed E-state index contributed by atoms with van der Waals surface area (Å²) < 4.78 is 11.2. The van der Waals surface area contributed by atoms with Crippen molar-refractivity contribution in [2.75, 3.05) is 32.9 Å². The van der Waals surface area contributed by atoms with Crippen molar-refractivity contribution in [1.29, 1.82) is 0 Å². The van der Waals surface area contributed by atoms with Gasteiger partial charge < -0.3 is 14.4 Å². The summed E-state index contributed by atoms with van der Waals surface area (Å²) in [6, 6.07) is 7.58. The minimum absolute atomic E-state index is 0.0850. The van der Waals surface area contributed by atoms with Crippen LogP contribution in [0.3, 0.4) is 0 Å². The van der Waals surface area contributed by atoms with Crippen LogP contribution in [-0.2, 0) is 4.74 Å². The molecule has 1 fully saturated rings. The highest BCUT2D eigenvalue weighted by atomic mass is 16.5. The molecule has 1 aliphatic rings. The monoisotopic (exact) mass is 431 g/mol. The van der Waals surface area contributed by atoms with Gasteiger partial charge in [0.05, 0.1) is 19.8 Å². The summed E-state index contributed by atoms with van der Waals surface area (Å²) in [7, 11) is 0. The Morgan fingerprint density at radius 2 is 1.26 bits per heavy atom. The zero-order valence-corrected chi connectivity index (χ0v) is 19.9. The topological polar surface area (TPSA) is 38.8 Å². The van der Waals surface area contributed by atoms with Gasteiger partial charge in [0, 0.05) is 18.7 Å². The van der Waals surface area contributed by atoms with Gasteiger partial charge in [-0.3, -0.25) is 4.79 Å². The smallest absolute Gasteiger partial charge is 0.254 e. The number of unbranched alkanes of at least 4 members (excludes halogenated alkanes) is 13. The van der Waals surface area contributed by atoms with Crippen LogP contribution in [0.2, 0.25) is 0 Å². The molecule has 1 heterocycles. The van der Waals surface area contributed by atoms with Crippen molar-refractivity contribution >= 4 is 5.91 Å². The van der Waals surface area contributed by atoms with Crippen molar-refractivity contribution in [2.24, 2.45) is 0 Å². The van der Waals surface area contributed by atoms with E-state index in [9.17, 15) is 4.79 Å². The highest BCUT2D eigenvalue weighted by Gasteiger charge is 2.18. The number of ether oxygens (including phenoxy) is 2. The maximum absolute atomic E-state index is 12.4. The molecule has 0 aromatic heterocycles. The van der Waals surface area contributed by atoms with Crippen LogP contribution in [0.15, 0.2) is 24.3 Å². The molecule has 0 aliphatic carbocycles. The average molecular weight is 432 g/mol. The molecule has 1 aromatic carbocycles. The third-order valence-electron chi connectivity index (χ3n) is 6.17. The van der Waals surface area contributed by atoms with Crippen LogP contribution in [0.5, 0.6) is 5.75 Å². The molecular formula is C27H45NO3. The molecule has 4 heteroatoms. The van der Waals surface area contributed by atoms with Crippen molar-refractivity contribution in [3.8, 4) is 5.75 Å². The number of benzene rings is 1. The first-order chi connectivity index (χ1) is 15.3. The molecule has 0 bridgehead atoms. The third-order valence-corrected chi connectivity index (χ3v) is 6.17. The highest BCUT2D eigenvalue weighted by molar-refractivity contribution is 5.94. The van der Waals surface area contributed by atoms with Gasteiger partial charge in [0.15, 0.2) is 0 Å². The third kappa shape index (κ3) is 11.6. The Morgan fingerprint density at radius 3 is 1.77 bits per heavy atom. The predicted octanol–water partition coefficient (Wildman–Crippen LogP) is 7.02. The van der Waals surface area contributed by atoms with E-state index in [0.29, 0.717) is 26.3 Å². The van der Waals surface area contributed by atoms with Crippen LogP contribution in [0, 0.1) is 0 Å². The molecule has 2 rings (SSSR count). The van der Waals surface area contributed by atoms with Crippen molar-refractivity contribution < 1.29 is 14.3 Å². The first kappa shape index (κ1) is 25.7. The largest absolute Gasteiger partial charge is 0.494 e. The average Bonchev–Trinajstić information content (AvgIpc) is 2.82. The molecule has 31 heavy (non-hydrogen) atoms. The van der Waals surface area contributed by atoms with Gasteiger partial charge in [-0.2, -0.15) is 0 Å². The van der Waals surface area contributed by atoms with Gasteiger partial charge in [-0.1, -0.05) is 90.4 Å². The molecule has 1 aliphatic heterocycles. The Bertz CT molecular complexity index is 566. The van der Waals surface area contributed by atoms with Crippen LogP contribution in [0.25, 0.3) is 0 Å². The Morgan fingerprint density at radius 1 is 0.774 bits per heavy atom. The zero-order valence-electron chi connectivity index (χ0n) is 19.9. The second-order valence-corrected chi connectivity index (χ2v) is 8.87. The van der Waals surface area contributed by atoms with Gasteiger partial charge in [-0.05, 0) is 30.7 Å². The Kier molecular flexibility index (Phi) is 14.1. The molecule has 176 valence electrons. The standard InChI is InChI=1S/C27H45NO3/c1-2-3-4-5-6-7-8-9-10-11-12-13-14-15-22-31-26-18-16-25(17-19-26)27(29)28-20-23-30-24-21-28/h16-19H,2-15,20-24H2,1H3. The molecule has 1 aromatic rings. The van der Waals surface area contributed by atoms with Crippen LogP contribution >= 0.6 is 0 Å². The van der Waals surface area contributed by atoms with Gasteiger partial charge >= 0.3 is 0 Å². The van der Waals surface area contributed by atoms with E-state index >= 15 is 0 Å². The fourth-order valence-electron chi connectivity index (χ4n) is 4.13. The minimum Gasteiger partial charge on any atom is -0.494 e. The molecule has 1 saturated heterocycles. The molecule has 0 atom stereocenters. The number of hydrogen-bond acceptors (Lipinski definition) is 3. The van der Waals surface area contributed by atoms with E-state index in [4.69, 9.17) is 9.47 Å². The SMILES string of the molecule is CCCCCCCCCCCCCCCCOc1ccc(C(=O)N2CCOCC2)cc1. The number of carbonyl (C=O) groups excluding carboxylic acids is 1. The highest BCUT2D eigenvalue weighted by Crippen LogP contribution is 2.16. The maximum atomic E-state index is 12.4. The molecule has 0 saturated carbocycles. The Balaban J connectivity index is 1.41. The number of morpholine rings is 1. The number of nitrogens with zero attached hydrogens (tertiary/aromatic N) is 1. The van der Waals surface area contributed by atoms with E-state index in [2.05, 4.69) is 6.92 Å². The summed E-state index contributed by atoms with van der Waals surface area (Å²) in [6.07, 6.45) is 19.1. The molecular weight excluding hydrogens is 386 g/mol. The fourth-order valence-corrected chi connectivity index (χ4v) is 4.13. The molecule has 1 amide bonds. The second-order valence-electron chi connectivity index (χ2n) is 8.87. The van der Waals surface area contributed by atoms with E-state index in [-0.39, 0.29) is 5.91 Å². The van der Waals surface area contributed by atoms with Gasteiger partial charge in [0.1, 0.15) is 5.75 Å². The lowest BCUT2D eigenvalue weighted by Crippen LogP contribution is -2.40. The van der Waals surface area contributed by atoms with E-state index < -0.39 is 0 Å². The molecule has 0 spiro atoms. The number of hydrogen-bond donors (Lipinski definition) is 0. The number of carbonyl (C=O) groups is 1. The van der Waals surface area contributed by atoms with Crippen LogP contribution in [0.1, 0.15) is 107 Å². The number of amides is 1. The maximum Gasteiger partial charge on any atom is 0.254 e. The first-order valence-corrected chi connectivity index (χ1v) is 12.9. The fraction of sp³-hybridized carbons (Fsp3) is 0.741. The van der Waals surface area contributed by atoms with Gasteiger partial charge in [-0.15, -0.1) is 0 Å². The predicted molar refractivity (Wildman–Crippen MR) is 129 cm³/mol. The summed E-state index contributed by atoms with van der Waals surface area (Å²) in [5.74, 6) is 0.940. The summed E-state index contributed by atoms with van der Waals surface area (Å²) in [5.41, 5.74) is 0.728. The van der Waals surface area contributed by atoms with E-state index in [0.717, 1.165) is 24.3 Å². The number of rotatable bonds is 17. The molecule has 0 unspecified atom stereocenters. The van der Waals surface area contributed by atoms with Crippen LogP contribution in [0.4, 0.5) is 0 Å². The quantitative estimate of drug-likeness (QED) is 0.249. The van der Waals surface area contributed by atoms with Crippen molar-refractivity contribution in [3.05, 3.63) is 29.8 Å².